The lowest BCUT2D eigenvalue weighted by Crippen LogP contribution is -2.45. The predicted octanol–water partition coefficient (Wildman–Crippen LogP) is 18.6. The summed E-state index contributed by atoms with van der Waals surface area (Å²) in [5.41, 5.74) is 0. The van der Waals surface area contributed by atoms with Crippen LogP contribution in [0.5, 0.6) is 0 Å². The van der Waals surface area contributed by atoms with E-state index in [0.29, 0.717) is 6.42 Å². The number of hydrogen-bond donors (Lipinski definition) is 3. The molecule has 370 valence electrons. The zero-order chi connectivity index (χ0) is 45.6. The normalized spacial score (nSPS) is 13.1. The predicted molar refractivity (Wildman–Crippen MR) is 281 cm³/mol. The molecule has 1 amide bonds. The van der Waals surface area contributed by atoms with E-state index < -0.39 is 12.1 Å². The highest BCUT2D eigenvalue weighted by molar-refractivity contribution is 5.76. The van der Waals surface area contributed by atoms with E-state index in [-0.39, 0.29) is 12.5 Å². The van der Waals surface area contributed by atoms with Crippen LogP contribution in [0.1, 0.15) is 303 Å². The third-order valence-corrected chi connectivity index (χ3v) is 13.0. The number of aliphatic hydroxyl groups excluding tert-OH is 2. The van der Waals surface area contributed by atoms with Gasteiger partial charge in [0.15, 0.2) is 0 Å². The summed E-state index contributed by atoms with van der Waals surface area (Å²) in [4.78, 5) is 12.5. The quantitative estimate of drug-likeness (QED) is 0.0421. The van der Waals surface area contributed by atoms with Crippen molar-refractivity contribution in [2.75, 3.05) is 6.61 Å². The van der Waals surface area contributed by atoms with Crippen LogP contribution in [0, 0.1) is 0 Å². The van der Waals surface area contributed by atoms with Gasteiger partial charge < -0.3 is 15.5 Å². The summed E-state index contributed by atoms with van der Waals surface area (Å²) >= 11 is 0. The largest absolute Gasteiger partial charge is 0.394 e. The molecule has 0 aliphatic heterocycles. The van der Waals surface area contributed by atoms with E-state index in [0.717, 1.165) is 38.5 Å². The molecule has 0 aliphatic rings. The van der Waals surface area contributed by atoms with E-state index in [1.807, 2.05) is 6.08 Å². The number of rotatable bonds is 52. The maximum Gasteiger partial charge on any atom is 0.220 e. The number of amides is 1. The molecule has 4 heteroatoms. The van der Waals surface area contributed by atoms with Crippen LogP contribution in [0.2, 0.25) is 0 Å². The van der Waals surface area contributed by atoms with Crippen molar-refractivity contribution in [3.8, 4) is 0 Å². The number of unbranched alkanes of at least 4 members (excludes halogenated alkanes) is 39. The molecule has 0 aliphatic carbocycles. The Labute approximate surface area is 394 Å². The summed E-state index contributed by atoms with van der Waals surface area (Å²) < 4.78 is 0. The molecule has 0 aromatic rings. The first-order valence-electron chi connectivity index (χ1n) is 28.4. The third kappa shape index (κ3) is 51.2. The average Bonchev–Trinajstić information content (AvgIpc) is 3.29. The van der Waals surface area contributed by atoms with Gasteiger partial charge in [-0.15, -0.1) is 0 Å². The number of carbonyl (C=O) groups excluding carboxylic acids is 1. The van der Waals surface area contributed by atoms with Gasteiger partial charge in [-0.2, -0.15) is 0 Å². The number of hydrogen-bond acceptors (Lipinski definition) is 3. The fourth-order valence-corrected chi connectivity index (χ4v) is 8.68. The molecule has 0 aromatic carbocycles. The van der Waals surface area contributed by atoms with Crippen molar-refractivity contribution in [3.05, 3.63) is 48.6 Å². The van der Waals surface area contributed by atoms with E-state index in [1.54, 1.807) is 6.08 Å². The molecular formula is C59H111NO3. The molecular weight excluding hydrogens is 771 g/mol. The first-order valence-corrected chi connectivity index (χ1v) is 28.4. The van der Waals surface area contributed by atoms with Gasteiger partial charge in [-0.25, -0.2) is 0 Å². The van der Waals surface area contributed by atoms with E-state index in [9.17, 15) is 15.0 Å². The second-order valence-electron chi connectivity index (χ2n) is 19.3. The maximum atomic E-state index is 12.5. The van der Waals surface area contributed by atoms with Crippen molar-refractivity contribution in [1.82, 2.24) is 5.32 Å². The number of nitrogens with one attached hydrogen (secondary N) is 1. The highest BCUT2D eigenvalue weighted by atomic mass is 16.3. The van der Waals surface area contributed by atoms with Crippen LogP contribution < -0.4 is 5.32 Å². The van der Waals surface area contributed by atoms with Gasteiger partial charge in [-0.3, -0.25) is 4.79 Å². The topological polar surface area (TPSA) is 69.6 Å². The van der Waals surface area contributed by atoms with Crippen molar-refractivity contribution in [1.29, 1.82) is 0 Å². The Morgan fingerprint density at radius 3 is 0.921 bits per heavy atom. The van der Waals surface area contributed by atoms with E-state index in [2.05, 4.69) is 55.6 Å². The minimum atomic E-state index is -0.870. The monoisotopic (exact) mass is 882 g/mol. The minimum Gasteiger partial charge on any atom is -0.394 e. The Morgan fingerprint density at radius 1 is 0.365 bits per heavy atom. The Morgan fingerprint density at radius 2 is 0.619 bits per heavy atom. The number of allylic oxidation sites excluding steroid dienone is 7. The standard InChI is InChI=1S/C59H111NO3/c1-3-5-7-9-11-13-15-17-19-21-23-24-25-26-27-28-29-30-31-32-33-34-35-36-37-39-41-43-45-47-49-51-53-55-59(63)60-57(56-61)58(62)54-52-50-48-46-44-42-40-38-22-20-18-16-14-12-10-8-6-4-2/h21-23,38,44,46,52,54,57-58,61-62H,3-20,24-37,39-43,45,47-51,53,55-56H2,1-2H3,(H,60,63)/b23-21-,38-22+,46-44+,54-52+. The van der Waals surface area contributed by atoms with Gasteiger partial charge in [-0.1, -0.05) is 274 Å². The number of aliphatic hydroxyl groups is 2. The maximum absolute atomic E-state index is 12.5. The summed E-state index contributed by atoms with van der Waals surface area (Å²) in [6.45, 7) is 4.31. The van der Waals surface area contributed by atoms with Crippen LogP contribution in [-0.2, 0) is 4.79 Å². The fraction of sp³-hybridized carbons (Fsp3) is 0.847. The van der Waals surface area contributed by atoms with Crippen LogP contribution in [-0.4, -0.2) is 34.9 Å². The van der Waals surface area contributed by atoms with E-state index in [4.69, 9.17) is 0 Å². The fourth-order valence-electron chi connectivity index (χ4n) is 8.68. The average molecular weight is 883 g/mol. The lowest BCUT2D eigenvalue weighted by Gasteiger charge is -2.19. The van der Waals surface area contributed by atoms with Crippen LogP contribution in [0.4, 0.5) is 0 Å². The number of carbonyl (C=O) groups is 1. The van der Waals surface area contributed by atoms with Crippen LogP contribution in [0.25, 0.3) is 0 Å². The van der Waals surface area contributed by atoms with Crippen molar-refractivity contribution in [3.63, 3.8) is 0 Å². The van der Waals surface area contributed by atoms with E-state index in [1.165, 1.54) is 244 Å². The van der Waals surface area contributed by atoms with Crippen molar-refractivity contribution in [2.24, 2.45) is 0 Å². The van der Waals surface area contributed by atoms with Gasteiger partial charge in [0.25, 0.3) is 0 Å². The molecule has 63 heavy (non-hydrogen) atoms. The molecule has 0 rings (SSSR count). The highest BCUT2D eigenvalue weighted by Crippen LogP contribution is 2.17. The Kier molecular flexibility index (Phi) is 53.3. The zero-order valence-corrected chi connectivity index (χ0v) is 42.6. The molecule has 2 atom stereocenters. The lowest BCUT2D eigenvalue weighted by atomic mass is 10.0. The summed E-state index contributed by atoms with van der Waals surface area (Å²) in [5, 5.41) is 23.1. The summed E-state index contributed by atoms with van der Waals surface area (Å²) in [5.74, 6) is -0.0737. The first-order chi connectivity index (χ1) is 31.2. The molecule has 0 radical (unpaired) electrons. The van der Waals surface area contributed by atoms with Gasteiger partial charge in [0.2, 0.25) is 5.91 Å². The summed E-state index contributed by atoms with van der Waals surface area (Å²) in [6.07, 6.45) is 75.7. The molecule has 0 aromatic heterocycles. The van der Waals surface area contributed by atoms with Gasteiger partial charge in [-0.05, 0) is 70.6 Å². The molecule has 3 N–H and O–H groups in total. The summed E-state index contributed by atoms with van der Waals surface area (Å²) in [6, 6.07) is -0.645. The molecule has 0 fully saturated rings. The van der Waals surface area contributed by atoms with Crippen molar-refractivity contribution in [2.45, 2.75) is 315 Å². The van der Waals surface area contributed by atoms with Gasteiger partial charge in [0.05, 0.1) is 18.8 Å². The van der Waals surface area contributed by atoms with Crippen LogP contribution >= 0.6 is 0 Å². The zero-order valence-electron chi connectivity index (χ0n) is 42.6. The Balaban J connectivity index is 3.47. The van der Waals surface area contributed by atoms with Gasteiger partial charge in [0, 0.05) is 6.42 Å². The molecule has 0 saturated carbocycles. The van der Waals surface area contributed by atoms with Crippen molar-refractivity contribution < 1.29 is 15.0 Å². The first kappa shape index (κ1) is 61.4. The Hall–Kier alpha value is -1.65. The SMILES string of the molecule is CCCCCCCCCC/C=C\CCCCCCCCCCCCCCCCCCCCCCCC(=O)NC(CO)C(O)/C=C/CC/C=C/CC/C=C/CCCCCCCCCC. The highest BCUT2D eigenvalue weighted by Gasteiger charge is 2.18. The molecule has 0 heterocycles. The van der Waals surface area contributed by atoms with Gasteiger partial charge in [0.1, 0.15) is 0 Å². The smallest absolute Gasteiger partial charge is 0.220 e. The molecule has 2 unspecified atom stereocenters. The molecule has 0 saturated heterocycles. The Bertz CT molecular complexity index is 1000. The lowest BCUT2D eigenvalue weighted by molar-refractivity contribution is -0.123. The second kappa shape index (κ2) is 54.7. The third-order valence-electron chi connectivity index (χ3n) is 13.0. The van der Waals surface area contributed by atoms with Crippen molar-refractivity contribution >= 4 is 5.91 Å². The molecule has 0 spiro atoms. The van der Waals surface area contributed by atoms with E-state index >= 15 is 0 Å². The second-order valence-corrected chi connectivity index (χ2v) is 19.3. The van der Waals surface area contributed by atoms with Crippen LogP contribution in [0.15, 0.2) is 48.6 Å². The van der Waals surface area contributed by atoms with Gasteiger partial charge >= 0.3 is 0 Å². The van der Waals surface area contributed by atoms with Crippen LogP contribution in [0.3, 0.4) is 0 Å². The molecule has 4 nitrogen and oxygen atoms in total. The summed E-state index contributed by atoms with van der Waals surface area (Å²) in [7, 11) is 0. The molecule has 0 bridgehead atoms. The minimum absolute atomic E-state index is 0.0737.